The summed E-state index contributed by atoms with van der Waals surface area (Å²) in [6, 6.07) is 0. The van der Waals surface area contributed by atoms with Gasteiger partial charge < -0.3 is 9.64 Å². The van der Waals surface area contributed by atoms with Crippen molar-refractivity contribution in [2.24, 2.45) is 9.98 Å². The molecule has 1 fully saturated rings. The first kappa shape index (κ1) is 17.4. The third-order valence-electron chi connectivity index (χ3n) is 3.78. The zero-order chi connectivity index (χ0) is 16.1. The summed E-state index contributed by atoms with van der Waals surface area (Å²) in [7, 11) is 0. The molecule has 120 valence electrons. The first-order chi connectivity index (χ1) is 10.6. The van der Waals surface area contributed by atoms with E-state index >= 15 is 0 Å². The maximum atomic E-state index is 5.98. The Morgan fingerprint density at radius 3 is 2.91 bits per heavy atom. The predicted molar refractivity (Wildman–Crippen MR) is 102 cm³/mol. The van der Waals surface area contributed by atoms with Gasteiger partial charge in [0.25, 0.3) is 0 Å². The zero-order valence-electron chi connectivity index (χ0n) is 13.7. The lowest BCUT2D eigenvalue weighted by molar-refractivity contribution is -0.0671. The molecule has 5 heteroatoms. The molecule has 2 heterocycles. The number of allylic oxidation sites excluding steroid dienone is 2. The quantitative estimate of drug-likeness (QED) is 0.654. The number of aliphatic imine (C=N–C) groups is 2. The first-order valence-electron chi connectivity index (χ1n) is 7.72. The Bertz CT molecular complexity index is 556. The second kappa shape index (κ2) is 8.06. The fourth-order valence-electron chi connectivity index (χ4n) is 2.85. The monoisotopic (exact) mass is 413 g/mol. The standard InChI is InChI=1S/C17H24IN3O/c1-5-14-11-21(10-13(4)22-14)15-6-8-19-17(20-9-7-18)16(15)12(2)3/h6-9,13-14H,5,10-11H2,1-4H3/b9-7-,20-17?/t13-,14+/m1/s1. The highest BCUT2D eigenvalue weighted by molar-refractivity contribution is 14.1. The molecule has 0 amide bonds. The molecule has 2 aliphatic heterocycles. The van der Waals surface area contributed by atoms with Gasteiger partial charge in [0.05, 0.1) is 12.2 Å². The summed E-state index contributed by atoms with van der Waals surface area (Å²) in [6.07, 6.45) is 7.30. The minimum absolute atomic E-state index is 0.242. The molecule has 0 aromatic heterocycles. The van der Waals surface area contributed by atoms with E-state index in [0.29, 0.717) is 0 Å². The number of halogens is 1. The van der Waals surface area contributed by atoms with Crippen LogP contribution in [0.1, 0.15) is 34.1 Å². The number of amidine groups is 1. The minimum Gasteiger partial charge on any atom is -0.372 e. The van der Waals surface area contributed by atoms with Crippen LogP contribution in [0.25, 0.3) is 0 Å². The van der Waals surface area contributed by atoms with Crippen molar-refractivity contribution >= 4 is 34.6 Å². The number of morpholine rings is 1. The van der Waals surface area contributed by atoms with Crippen LogP contribution in [0.2, 0.25) is 0 Å². The Hall–Kier alpha value is -0.950. The van der Waals surface area contributed by atoms with E-state index in [1.165, 1.54) is 11.3 Å². The van der Waals surface area contributed by atoms with Crippen molar-refractivity contribution in [1.82, 2.24) is 4.90 Å². The fraction of sp³-hybridized carbons (Fsp3) is 0.529. The normalized spacial score (nSPS) is 27.7. The van der Waals surface area contributed by atoms with E-state index in [1.54, 1.807) is 6.20 Å². The van der Waals surface area contributed by atoms with E-state index in [9.17, 15) is 0 Å². The highest BCUT2D eigenvalue weighted by Crippen LogP contribution is 2.27. The zero-order valence-corrected chi connectivity index (χ0v) is 15.9. The van der Waals surface area contributed by atoms with Gasteiger partial charge >= 0.3 is 0 Å². The average molecular weight is 413 g/mol. The molecule has 0 aromatic carbocycles. The van der Waals surface area contributed by atoms with Gasteiger partial charge in [0.2, 0.25) is 0 Å². The van der Waals surface area contributed by atoms with Gasteiger partial charge in [-0.05, 0) is 37.4 Å². The van der Waals surface area contributed by atoms with Crippen molar-refractivity contribution in [3.63, 3.8) is 0 Å². The van der Waals surface area contributed by atoms with E-state index < -0.39 is 0 Å². The van der Waals surface area contributed by atoms with Gasteiger partial charge in [0.15, 0.2) is 5.84 Å². The van der Waals surface area contributed by atoms with Crippen LogP contribution in [0, 0.1) is 0 Å². The van der Waals surface area contributed by atoms with Gasteiger partial charge in [-0.1, -0.05) is 35.1 Å². The third kappa shape index (κ3) is 4.07. The Morgan fingerprint density at radius 1 is 1.50 bits per heavy atom. The number of rotatable bonds is 3. The molecule has 0 aliphatic carbocycles. The minimum atomic E-state index is 0.242. The molecule has 1 saturated heterocycles. The van der Waals surface area contributed by atoms with Gasteiger partial charge in [-0.15, -0.1) is 0 Å². The molecule has 2 rings (SSSR count). The lowest BCUT2D eigenvalue weighted by Gasteiger charge is -2.40. The van der Waals surface area contributed by atoms with E-state index in [1.807, 2.05) is 10.3 Å². The van der Waals surface area contributed by atoms with Gasteiger partial charge in [0, 0.05) is 36.8 Å². The van der Waals surface area contributed by atoms with Crippen molar-refractivity contribution in [2.75, 3.05) is 13.1 Å². The van der Waals surface area contributed by atoms with Crippen LogP contribution in [0.3, 0.4) is 0 Å². The van der Waals surface area contributed by atoms with E-state index in [-0.39, 0.29) is 12.2 Å². The third-order valence-corrected chi connectivity index (χ3v) is 4.11. The van der Waals surface area contributed by atoms with E-state index in [0.717, 1.165) is 30.9 Å². The van der Waals surface area contributed by atoms with Crippen molar-refractivity contribution in [3.8, 4) is 0 Å². The van der Waals surface area contributed by atoms with Crippen molar-refractivity contribution < 1.29 is 4.74 Å². The van der Waals surface area contributed by atoms with Gasteiger partial charge in [-0.3, -0.25) is 0 Å². The largest absolute Gasteiger partial charge is 0.372 e. The summed E-state index contributed by atoms with van der Waals surface area (Å²) in [4.78, 5) is 11.3. The number of hydrogen-bond donors (Lipinski definition) is 0. The molecule has 0 saturated carbocycles. The molecule has 4 nitrogen and oxygen atoms in total. The van der Waals surface area contributed by atoms with Crippen LogP contribution in [-0.4, -0.2) is 42.2 Å². The van der Waals surface area contributed by atoms with Crippen LogP contribution in [0.5, 0.6) is 0 Å². The summed E-state index contributed by atoms with van der Waals surface area (Å²) >= 11 is 2.17. The highest BCUT2D eigenvalue weighted by Gasteiger charge is 2.29. The summed E-state index contributed by atoms with van der Waals surface area (Å²) in [5, 5.41) is 0. The summed E-state index contributed by atoms with van der Waals surface area (Å²) in [5.41, 5.74) is 3.58. The summed E-state index contributed by atoms with van der Waals surface area (Å²) in [5.74, 6) is 0.789. The van der Waals surface area contributed by atoms with Gasteiger partial charge in [-0.2, -0.15) is 0 Å². The lowest BCUT2D eigenvalue weighted by Crippen LogP contribution is -2.46. The maximum Gasteiger partial charge on any atom is 0.161 e. The lowest BCUT2D eigenvalue weighted by atomic mass is 10.0. The first-order valence-corrected chi connectivity index (χ1v) is 8.97. The number of dihydropyridines is 1. The predicted octanol–water partition coefficient (Wildman–Crippen LogP) is 4.10. The molecule has 0 N–H and O–H groups in total. The Balaban J connectivity index is 2.34. The molecule has 22 heavy (non-hydrogen) atoms. The smallest absolute Gasteiger partial charge is 0.161 e. The molecular weight excluding hydrogens is 389 g/mol. The second-order valence-corrected chi connectivity index (χ2v) is 6.53. The van der Waals surface area contributed by atoms with E-state index in [4.69, 9.17) is 4.74 Å². The maximum absolute atomic E-state index is 5.98. The van der Waals surface area contributed by atoms with Crippen LogP contribution in [-0.2, 0) is 4.74 Å². The van der Waals surface area contributed by atoms with Crippen LogP contribution in [0.4, 0.5) is 0 Å². The molecule has 0 spiro atoms. The molecule has 2 aliphatic rings. The van der Waals surface area contributed by atoms with E-state index in [2.05, 4.69) is 71.2 Å². The molecule has 0 unspecified atom stereocenters. The van der Waals surface area contributed by atoms with Crippen LogP contribution in [0.15, 0.2) is 43.2 Å². The second-order valence-electron chi connectivity index (χ2n) is 5.81. The average Bonchev–Trinajstić information content (AvgIpc) is 2.51. The van der Waals surface area contributed by atoms with Gasteiger partial charge in [-0.25, -0.2) is 9.98 Å². The van der Waals surface area contributed by atoms with Gasteiger partial charge in [0.1, 0.15) is 0 Å². The molecular formula is C17H24IN3O. The molecule has 0 bridgehead atoms. The summed E-state index contributed by atoms with van der Waals surface area (Å²) in [6.45, 7) is 10.4. The SMILES string of the molecule is CC[C@H]1CN(C2=CC=NC(=N/C=C\I)C2=C(C)C)C[C@@H](C)O1. The molecule has 0 radical (unpaired) electrons. The topological polar surface area (TPSA) is 37.2 Å². The summed E-state index contributed by atoms with van der Waals surface area (Å²) < 4.78 is 7.88. The van der Waals surface area contributed by atoms with Crippen molar-refractivity contribution in [1.29, 1.82) is 0 Å². The number of nitrogens with zero attached hydrogens (tertiary/aromatic N) is 3. The Kier molecular flexibility index (Phi) is 6.37. The number of ether oxygens (including phenoxy) is 1. The van der Waals surface area contributed by atoms with Crippen LogP contribution < -0.4 is 0 Å². The highest BCUT2D eigenvalue weighted by atomic mass is 127. The molecule has 0 aromatic rings. The Labute approximate surface area is 146 Å². The molecule has 2 atom stereocenters. The number of hydrogen-bond acceptors (Lipinski definition) is 3. The van der Waals surface area contributed by atoms with Crippen LogP contribution >= 0.6 is 22.6 Å². The fourth-order valence-corrected chi connectivity index (χ4v) is 3.01. The van der Waals surface area contributed by atoms with Crippen molar-refractivity contribution in [2.45, 2.75) is 46.3 Å². The van der Waals surface area contributed by atoms with Crippen molar-refractivity contribution in [3.05, 3.63) is 33.2 Å². The Morgan fingerprint density at radius 2 is 2.27 bits per heavy atom.